The second-order valence-corrected chi connectivity index (χ2v) is 5.46. The van der Waals surface area contributed by atoms with Crippen molar-refractivity contribution in [2.45, 2.75) is 18.5 Å². The first-order valence-electron chi connectivity index (χ1n) is 5.37. The zero-order valence-electron chi connectivity index (χ0n) is 10.3. The molecule has 0 atom stereocenters. The predicted octanol–water partition coefficient (Wildman–Crippen LogP) is -0.0503. The van der Waals surface area contributed by atoms with Gasteiger partial charge in [-0.1, -0.05) is 5.16 Å². The Morgan fingerprint density at radius 2 is 2.20 bits per heavy atom. The van der Waals surface area contributed by atoms with Gasteiger partial charge < -0.3 is 9.63 Å². The van der Waals surface area contributed by atoms with Crippen molar-refractivity contribution < 1.29 is 22.8 Å². The molecule has 0 aliphatic rings. The van der Waals surface area contributed by atoms with Crippen molar-refractivity contribution in [1.82, 2.24) is 19.8 Å². The number of sulfonamides is 1. The van der Waals surface area contributed by atoms with Crippen molar-refractivity contribution in [3.8, 4) is 0 Å². The van der Waals surface area contributed by atoms with Crippen LogP contribution in [-0.4, -0.2) is 34.6 Å². The molecular formula is C10H10N4O5S. The van der Waals surface area contributed by atoms with Crippen molar-refractivity contribution in [2.24, 2.45) is 0 Å². The first kappa shape index (κ1) is 14.1. The van der Waals surface area contributed by atoms with E-state index >= 15 is 0 Å². The molecule has 0 fully saturated rings. The number of pyridine rings is 1. The number of carboxylic acids is 1. The normalized spacial score (nSPS) is 11.4. The number of aromatic nitrogens is 3. The summed E-state index contributed by atoms with van der Waals surface area (Å²) in [6.45, 7) is 1.43. The molecule has 2 aromatic rings. The van der Waals surface area contributed by atoms with Gasteiger partial charge in [-0.25, -0.2) is 22.9 Å². The van der Waals surface area contributed by atoms with Crippen LogP contribution in [0.15, 0.2) is 27.9 Å². The van der Waals surface area contributed by atoms with Gasteiger partial charge in [-0.3, -0.25) is 0 Å². The number of rotatable bonds is 5. The molecule has 0 unspecified atom stereocenters. The average molecular weight is 298 g/mol. The van der Waals surface area contributed by atoms with Crippen LogP contribution in [0.2, 0.25) is 0 Å². The van der Waals surface area contributed by atoms with Crippen LogP contribution in [0.4, 0.5) is 0 Å². The lowest BCUT2D eigenvalue weighted by Gasteiger charge is -2.03. The summed E-state index contributed by atoms with van der Waals surface area (Å²) in [4.78, 5) is 18.1. The van der Waals surface area contributed by atoms with Crippen LogP contribution in [0.3, 0.4) is 0 Å². The van der Waals surface area contributed by atoms with E-state index in [9.17, 15) is 13.2 Å². The highest BCUT2D eigenvalue weighted by atomic mass is 32.2. The van der Waals surface area contributed by atoms with E-state index in [1.54, 1.807) is 6.92 Å². The molecule has 0 aliphatic heterocycles. The van der Waals surface area contributed by atoms with Crippen LogP contribution in [0.1, 0.15) is 22.1 Å². The van der Waals surface area contributed by atoms with Crippen LogP contribution in [0.25, 0.3) is 0 Å². The van der Waals surface area contributed by atoms with Gasteiger partial charge in [0.25, 0.3) is 10.0 Å². The Balaban J connectivity index is 2.11. The molecule has 0 aromatic carbocycles. The van der Waals surface area contributed by atoms with Crippen LogP contribution in [0.5, 0.6) is 0 Å². The Labute approximate surface area is 113 Å². The molecular weight excluding hydrogens is 288 g/mol. The number of hydrogen-bond donors (Lipinski definition) is 2. The van der Waals surface area contributed by atoms with E-state index in [4.69, 9.17) is 9.63 Å². The third-order valence-corrected chi connectivity index (χ3v) is 3.57. The van der Waals surface area contributed by atoms with Gasteiger partial charge in [-0.2, -0.15) is 4.98 Å². The SMILES string of the molecule is Cc1nc(CNS(=O)(=O)c2ccc(C(=O)O)cn2)no1. The number of carbonyl (C=O) groups is 1. The van der Waals surface area contributed by atoms with E-state index in [1.165, 1.54) is 0 Å². The third kappa shape index (κ3) is 3.16. The van der Waals surface area contributed by atoms with E-state index < -0.39 is 16.0 Å². The predicted molar refractivity (Wildman–Crippen MR) is 64.3 cm³/mol. The zero-order chi connectivity index (χ0) is 14.8. The summed E-state index contributed by atoms with van der Waals surface area (Å²) < 4.78 is 30.7. The van der Waals surface area contributed by atoms with Gasteiger partial charge in [-0.05, 0) is 12.1 Å². The number of aromatic carboxylic acids is 1. The lowest BCUT2D eigenvalue weighted by Crippen LogP contribution is -2.24. The highest BCUT2D eigenvalue weighted by Gasteiger charge is 2.17. The lowest BCUT2D eigenvalue weighted by molar-refractivity contribution is 0.0696. The second kappa shape index (κ2) is 5.35. The smallest absolute Gasteiger partial charge is 0.337 e. The second-order valence-electron chi connectivity index (χ2n) is 3.74. The lowest BCUT2D eigenvalue weighted by atomic mass is 10.3. The van der Waals surface area contributed by atoms with E-state index in [-0.39, 0.29) is 23.0 Å². The maximum Gasteiger partial charge on any atom is 0.337 e. The van der Waals surface area contributed by atoms with E-state index in [0.29, 0.717) is 5.89 Å². The molecule has 10 heteroatoms. The summed E-state index contributed by atoms with van der Waals surface area (Å²) in [5.41, 5.74) is -0.0993. The highest BCUT2D eigenvalue weighted by molar-refractivity contribution is 7.89. The van der Waals surface area contributed by atoms with E-state index in [0.717, 1.165) is 18.3 Å². The molecule has 2 rings (SSSR count). The molecule has 2 N–H and O–H groups in total. The molecule has 0 saturated heterocycles. The minimum absolute atomic E-state index is 0.0993. The highest BCUT2D eigenvalue weighted by Crippen LogP contribution is 2.07. The molecule has 0 radical (unpaired) electrons. The fourth-order valence-corrected chi connectivity index (χ4v) is 2.22. The molecule has 9 nitrogen and oxygen atoms in total. The number of nitrogens with zero attached hydrogens (tertiary/aromatic N) is 3. The molecule has 0 saturated carbocycles. The molecule has 0 spiro atoms. The van der Waals surface area contributed by atoms with Crippen LogP contribution < -0.4 is 4.72 Å². The van der Waals surface area contributed by atoms with Crippen LogP contribution in [0, 0.1) is 6.92 Å². The van der Waals surface area contributed by atoms with Crippen molar-refractivity contribution in [3.63, 3.8) is 0 Å². The number of carboxylic acid groups (broad SMARTS) is 1. The molecule has 20 heavy (non-hydrogen) atoms. The summed E-state index contributed by atoms with van der Waals surface area (Å²) >= 11 is 0. The summed E-state index contributed by atoms with van der Waals surface area (Å²) in [7, 11) is -3.87. The van der Waals surface area contributed by atoms with E-state index in [1.807, 2.05) is 0 Å². The number of aryl methyl sites for hydroxylation is 1. The van der Waals surface area contributed by atoms with Gasteiger partial charge in [0.1, 0.15) is 0 Å². The standard InChI is InChI=1S/C10H10N4O5S/c1-6-13-8(14-19-6)5-12-20(17,18)9-3-2-7(4-11-9)10(15)16/h2-4,12H,5H2,1H3,(H,15,16). The molecule has 2 aromatic heterocycles. The van der Waals surface area contributed by atoms with Crippen LogP contribution in [-0.2, 0) is 16.6 Å². The van der Waals surface area contributed by atoms with Crippen molar-refractivity contribution in [2.75, 3.05) is 0 Å². The van der Waals surface area contributed by atoms with Crippen molar-refractivity contribution >= 4 is 16.0 Å². The van der Waals surface area contributed by atoms with Crippen molar-refractivity contribution in [1.29, 1.82) is 0 Å². The minimum Gasteiger partial charge on any atom is -0.478 e. The summed E-state index contributed by atoms with van der Waals surface area (Å²) in [5, 5.41) is 12.0. The Kier molecular flexibility index (Phi) is 3.77. The monoisotopic (exact) mass is 298 g/mol. The van der Waals surface area contributed by atoms with Crippen LogP contribution >= 0.6 is 0 Å². The molecule has 2 heterocycles. The maximum atomic E-state index is 11.9. The molecule has 0 bridgehead atoms. The van der Waals surface area contributed by atoms with Gasteiger partial charge >= 0.3 is 5.97 Å². The number of nitrogens with one attached hydrogen (secondary N) is 1. The molecule has 0 amide bonds. The van der Waals surface area contributed by atoms with E-state index in [2.05, 4.69) is 19.8 Å². The average Bonchev–Trinajstić information content (AvgIpc) is 2.82. The fraction of sp³-hybridized carbons (Fsp3) is 0.200. The fourth-order valence-electron chi connectivity index (χ4n) is 1.31. The Bertz CT molecular complexity index is 722. The quantitative estimate of drug-likeness (QED) is 0.784. The van der Waals surface area contributed by atoms with Gasteiger partial charge in [-0.15, -0.1) is 0 Å². The molecule has 0 aliphatic carbocycles. The van der Waals surface area contributed by atoms with Crippen molar-refractivity contribution in [3.05, 3.63) is 35.6 Å². The zero-order valence-corrected chi connectivity index (χ0v) is 11.1. The Morgan fingerprint density at radius 3 is 2.70 bits per heavy atom. The topological polar surface area (TPSA) is 135 Å². The summed E-state index contributed by atoms with van der Waals surface area (Å²) in [6.07, 6.45) is 0.968. The first-order chi connectivity index (χ1) is 9.38. The minimum atomic E-state index is -3.87. The number of hydrogen-bond acceptors (Lipinski definition) is 7. The third-order valence-electron chi connectivity index (χ3n) is 2.25. The summed E-state index contributed by atoms with van der Waals surface area (Å²) in [5.74, 6) is -0.673. The first-order valence-corrected chi connectivity index (χ1v) is 6.85. The largest absolute Gasteiger partial charge is 0.478 e. The Hall–Kier alpha value is -2.33. The molecule has 106 valence electrons. The maximum absolute atomic E-state index is 11.9. The van der Waals surface area contributed by atoms with Gasteiger partial charge in [0.2, 0.25) is 5.89 Å². The van der Waals surface area contributed by atoms with Gasteiger partial charge in [0, 0.05) is 13.1 Å². The van der Waals surface area contributed by atoms with Gasteiger partial charge in [0.15, 0.2) is 10.9 Å². The van der Waals surface area contributed by atoms with Gasteiger partial charge in [0.05, 0.1) is 12.1 Å². The summed E-state index contributed by atoms with van der Waals surface area (Å²) in [6, 6.07) is 2.26. The Morgan fingerprint density at radius 1 is 1.45 bits per heavy atom.